The van der Waals surface area contributed by atoms with Crippen LogP contribution < -0.4 is 39.2 Å². The van der Waals surface area contributed by atoms with Crippen LogP contribution in [0.15, 0.2) is 291 Å². The van der Waals surface area contributed by atoms with E-state index < -0.39 is 88.0 Å². The molecule has 4 aliphatic heterocycles. The van der Waals surface area contributed by atoms with Crippen LogP contribution >= 0.6 is 92.8 Å². The van der Waals surface area contributed by atoms with E-state index in [0.717, 1.165) is 0 Å². The van der Waals surface area contributed by atoms with Crippen LogP contribution in [-0.4, -0.2) is 89.8 Å². The van der Waals surface area contributed by atoms with Crippen molar-refractivity contribution >= 4 is 168 Å². The van der Waals surface area contributed by atoms with Gasteiger partial charge in [0.15, 0.2) is 28.7 Å². The summed E-state index contributed by atoms with van der Waals surface area (Å²) in [7, 11) is 0. The molecule has 0 spiro atoms. The smallest absolute Gasteiger partial charge is 0.332 e. The molecule has 4 heterocycles. The number of nitrogens with zero attached hydrogens (tertiary/aromatic N) is 8. The molecule has 7 N–H and O–H groups in total. The normalized spacial score (nSPS) is 21.2. The highest BCUT2D eigenvalue weighted by atomic mass is 35.5. The first-order valence-corrected chi connectivity index (χ1v) is 43.4. The summed E-state index contributed by atoms with van der Waals surface area (Å²) >= 11 is 48.4. The molecule has 0 aromatic heterocycles. The summed E-state index contributed by atoms with van der Waals surface area (Å²) in [5.41, 5.74) is -1.57. The van der Waals surface area contributed by atoms with Gasteiger partial charge in [0.1, 0.15) is 0 Å². The van der Waals surface area contributed by atoms with E-state index in [4.69, 9.17) is 92.8 Å². The number of rotatable bonds is 16. The van der Waals surface area contributed by atoms with Crippen LogP contribution in [0, 0.1) is 0 Å². The molecule has 0 aliphatic carbocycles. The lowest BCUT2D eigenvalue weighted by molar-refractivity contribution is 0.0357. The number of carbonyl (C=O) groups is 5. The third-order valence-corrected chi connectivity index (χ3v) is 25.3. The molecular weight excluding hydrogens is 1780 g/mol. The molecule has 0 saturated carbocycles. The van der Waals surface area contributed by atoms with Gasteiger partial charge >= 0.3 is 24.1 Å². The fourth-order valence-corrected chi connectivity index (χ4v) is 17.3. The highest BCUT2D eigenvalue weighted by molar-refractivity contribution is 6.33. The van der Waals surface area contributed by atoms with Crippen molar-refractivity contribution in [3.05, 3.63) is 376 Å². The maximum atomic E-state index is 13.7. The van der Waals surface area contributed by atoms with Crippen LogP contribution in [-0.2, 0) is 39.7 Å². The molecule has 8 amide bonds. The number of hydrogen-bond acceptors (Lipinski definition) is 12. The van der Waals surface area contributed by atoms with Crippen molar-refractivity contribution in [3.8, 4) is 0 Å². The average molecular weight is 1870 g/mol. The van der Waals surface area contributed by atoms with Crippen molar-refractivity contribution in [2.24, 2.45) is 0 Å². The summed E-state index contributed by atoms with van der Waals surface area (Å²) in [5.74, 6) is -0.130. The van der Waals surface area contributed by atoms with Gasteiger partial charge in [0.2, 0.25) is 0 Å². The van der Waals surface area contributed by atoms with E-state index in [1.54, 1.807) is 375 Å². The standard InChI is InChI=1S/3C25H24Cl2N2O3.C24H20Cl2N2O3/c3*1-16-25(32,18-6-4-5-17(15-18)24(2,3)31)29(22-13-9-20(27)10-14-22)23(30)28(16)21-11-7-19(26)8-12-21;1-15(29)17-4-3-5-18(14-17)24(31)16(2)27(21-10-6-19(25)7-11-21)23(30)28(24)22-12-8-20(26)9-13-22/h3*4-16,31-32H,1-3H3;3-14,16,31H,1-2H3/t2*16-,25?;;/m10../s1. The molecule has 12 aromatic rings. The minimum absolute atomic E-state index is 0.130. The van der Waals surface area contributed by atoms with Crippen molar-refractivity contribution in [2.45, 2.75) is 140 Å². The van der Waals surface area contributed by atoms with Crippen molar-refractivity contribution < 1.29 is 59.7 Å². The Bertz CT molecular complexity index is 5610. The topological polar surface area (TPSA) is 253 Å². The lowest BCUT2D eigenvalue weighted by Gasteiger charge is -2.36. The number of ketones is 1. The summed E-state index contributed by atoms with van der Waals surface area (Å²) in [6.07, 6.45) is 0. The quantitative estimate of drug-likeness (QED) is 0.0446. The van der Waals surface area contributed by atoms with Gasteiger partial charge in [-0.2, -0.15) is 0 Å². The molecule has 28 heteroatoms. The second-order valence-corrected chi connectivity index (χ2v) is 36.4. The molecule has 127 heavy (non-hydrogen) atoms. The van der Waals surface area contributed by atoms with Crippen molar-refractivity contribution in [2.75, 3.05) is 39.2 Å². The second-order valence-electron chi connectivity index (χ2n) is 32.9. The molecule has 4 saturated heterocycles. The number of hydrogen-bond donors (Lipinski definition) is 7. The SMILES string of the molecule is CC(=O)c1cccc(C2(O)C(C)N(c3ccc(Cl)cc3)C(=O)N2c2ccc(Cl)cc2)c1.CC1N(c2ccc(Cl)cc2)C(=O)N(c2ccc(Cl)cc2)C1(O)c1cccc(C(C)(C)O)c1.C[C@@H]1N(c2ccc(Cl)cc2)C(=O)N(c2ccc(Cl)cc2)C1(O)c1cccc(C(C)(C)O)c1.C[C@H]1N(c2ccc(Cl)cc2)C(=O)N(c2ccc(Cl)cc2)C1(O)c1cccc(C(C)(C)O)c1. The van der Waals surface area contributed by atoms with Crippen molar-refractivity contribution in [1.29, 1.82) is 0 Å². The van der Waals surface area contributed by atoms with Gasteiger partial charge < -0.3 is 35.7 Å². The Morgan fingerprint density at radius 2 is 0.433 bits per heavy atom. The van der Waals surface area contributed by atoms with Gasteiger partial charge in [-0.1, -0.05) is 166 Å². The van der Waals surface area contributed by atoms with Gasteiger partial charge in [-0.05, 0) is 311 Å². The molecule has 4 aliphatic rings. The van der Waals surface area contributed by atoms with E-state index in [9.17, 15) is 59.7 Å². The van der Waals surface area contributed by atoms with Gasteiger partial charge in [-0.3, -0.25) is 44.0 Å². The van der Waals surface area contributed by atoms with Gasteiger partial charge in [-0.25, -0.2) is 19.2 Å². The Balaban J connectivity index is 0.000000145. The molecule has 656 valence electrons. The highest BCUT2D eigenvalue weighted by Gasteiger charge is 2.61. The summed E-state index contributed by atoms with van der Waals surface area (Å²) in [6, 6.07) is 78.1. The number of anilines is 8. The zero-order valence-corrected chi connectivity index (χ0v) is 76.8. The first kappa shape index (κ1) is 94.1. The molecule has 0 radical (unpaired) electrons. The maximum absolute atomic E-state index is 13.7. The maximum Gasteiger partial charge on any atom is 0.332 e. The van der Waals surface area contributed by atoms with Crippen molar-refractivity contribution in [1.82, 2.24) is 0 Å². The van der Waals surface area contributed by atoms with E-state index >= 15 is 0 Å². The fraction of sp³-hybridized carbons (Fsp3) is 0.222. The zero-order valence-electron chi connectivity index (χ0n) is 70.8. The Kier molecular flexibility index (Phi) is 27.3. The first-order valence-electron chi connectivity index (χ1n) is 40.4. The molecule has 12 aromatic carbocycles. The third kappa shape index (κ3) is 18.5. The number of benzene rings is 12. The van der Waals surface area contributed by atoms with Crippen LogP contribution in [0.5, 0.6) is 0 Å². The summed E-state index contributed by atoms with van der Waals surface area (Å²) in [6.45, 7) is 18.7. The third-order valence-electron chi connectivity index (χ3n) is 23.3. The van der Waals surface area contributed by atoms with Crippen molar-refractivity contribution in [3.63, 3.8) is 0 Å². The Morgan fingerprint density at radius 3 is 0.606 bits per heavy atom. The number of halogens is 8. The van der Waals surface area contributed by atoms with Crippen LogP contribution in [0.1, 0.15) is 125 Å². The van der Waals surface area contributed by atoms with Crippen LogP contribution in [0.4, 0.5) is 64.7 Å². The van der Waals surface area contributed by atoms with Gasteiger partial charge in [0.05, 0.1) is 41.0 Å². The van der Waals surface area contributed by atoms with Gasteiger partial charge in [-0.15, -0.1) is 0 Å². The van der Waals surface area contributed by atoms with Gasteiger partial charge in [0.25, 0.3) is 0 Å². The monoisotopic (exact) mass is 1860 g/mol. The Morgan fingerprint density at radius 1 is 0.268 bits per heavy atom. The zero-order chi connectivity index (χ0) is 92.1. The highest BCUT2D eigenvalue weighted by Crippen LogP contribution is 2.51. The predicted octanol–water partition coefficient (Wildman–Crippen LogP) is 23.6. The van der Waals surface area contributed by atoms with Crippen LogP contribution in [0.2, 0.25) is 40.2 Å². The summed E-state index contributed by atoms with van der Waals surface area (Å²) < 4.78 is 0. The molecule has 4 fully saturated rings. The lowest BCUT2D eigenvalue weighted by atomic mass is 9.89. The van der Waals surface area contributed by atoms with E-state index in [1.165, 1.54) is 31.4 Å². The van der Waals surface area contributed by atoms with Gasteiger partial charge in [0, 0.05) is 113 Å². The first-order chi connectivity index (χ1) is 59.8. The van der Waals surface area contributed by atoms with Crippen LogP contribution in [0.25, 0.3) is 0 Å². The second kappa shape index (κ2) is 36.9. The fourth-order valence-electron chi connectivity index (χ4n) is 16.3. The summed E-state index contributed by atoms with van der Waals surface area (Å²) in [4.78, 5) is 78.4. The predicted molar refractivity (Wildman–Crippen MR) is 508 cm³/mol. The minimum atomic E-state index is -1.74. The Labute approximate surface area is 777 Å². The number of Topliss-reactive ketones (excluding diaryl/α,β-unsaturated/α-hetero) is 1. The molecular formula is C99H92Cl8N8O12. The average Bonchev–Trinajstić information content (AvgIpc) is 1.58. The Hall–Kier alpha value is -10.6. The molecule has 0 bridgehead atoms. The number of urea groups is 4. The number of aliphatic hydroxyl groups is 7. The van der Waals surface area contributed by atoms with E-state index in [-0.39, 0.29) is 5.78 Å². The number of carbonyl (C=O) groups excluding carboxylic acids is 5. The summed E-state index contributed by atoms with van der Waals surface area (Å²) in [5, 5.41) is 84.5. The molecule has 16 rings (SSSR count). The minimum Gasteiger partial charge on any atom is -0.386 e. The molecule has 6 unspecified atom stereocenters. The largest absolute Gasteiger partial charge is 0.386 e. The molecule has 8 atom stereocenters. The van der Waals surface area contributed by atoms with Crippen LogP contribution in [0.3, 0.4) is 0 Å². The number of amides is 8. The molecule has 20 nitrogen and oxygen atoms in total. The van der Waals surface area contributed by atoms with E-state index in [1.807, 2.05) is 0 Å². The van der Waals surface area contributed by atoms with E-state index in [0.29, 0.717) is 130 Å². The van der Waals surface area contributed by atoms with E-state index in [2.05, 4.69) is 0 Å². The lowest BCUT2D eigenvalue weighted by Crippen LogP contribution is -2.48.